The molecular formula is C13H13F2NO3. The van der Waals surface area contributed by atoms with Crippen LogP contribution in [0.25, 0.3) is 0 Å². The van der Waals surface area contributed by atoms with E-state index >= 15 is 0 Å². The molecule has 0 amide bonds. The molecule has 0 unspecified atom stereocenters. The van der Waals surface area contributed by atoms with Crippen LogP contribution in [0.5, 0.6) is 11.5 Å². The maximum Gasteiger partial charge on any atom is 0.387 e. The summed E-state index contributed by atoms with van der Waals surface area (Å²) in [7, 11) is 0. The Morgan fingerprint density at radius 1 is 1.37 bits per heavy atom. The first-order valence-corrected chi connectivity index (χ1v) is 6.11. The van der Waals surface area contributed by atoms with Gasteiger partial charge in [-0.2, -0.15) is 8.78 Å². The van der Waals surface area contributed by atoms with E-state index in [2.05, 4.69) is 9.89 Å². The number of ether oxygens (including phenoxy) is 2. The molecule has 3 rings (SSSR count). The van der Waals surface area contributed by atoms with Crippen LogP contribution >= 0.6 is 0 Å². The lowest BCUT2D eigenvalue weighted by atomic mass is 9.74. The van der Waals surface area contributed by atoms with Crippen molar-refractivity contribution in [1.29, 1.82) is 0 Å². The second kappa shape index (κ2) is 4.36. The van der Waals surface area contributed by atoms with Gasteiger partial charge in [-0.15, -0.1) is 0 Å². The molecule has 6 heteroatoms. The second-order valence-electron chi connectivity index (χ2n) is 4.90. The Morgan fingerprint density at radius 3 is 2.74 bits per heavy atom. The summed E-state index contributed by atoms with van der Waals surface area (Å²) < 4.78 is 34.6. The number of hydrogen-bond acceptors (Lipinski definition) is 4. The van der Waals surface area contributed by atoms with E-state index in [4.69, 9.17) is 9.94 Å². The lowest BCUT2D eigenvalue weighted by Crippen LogP contribution is -2.47. The van der Waals surface area contributed by atoms with Crippen molar-refractivity contribution in [3.63, 3.8) is 0 Å². The summed E-state index contributed by atoms with van der Waals surface area (Å²) >= 11 is 0. The van der Waals surface area contributed by atoms with Gasteiger partial charge in [0.15, 0.2) is 0 Å². The first-order chi connectivity index (χ1) is 9.12. The third-order valence-corrected chi connectivity index (χ3v) is 3.69. The van der Waals surface area contributed by atoms with Gasteiger partial charge in [-0.1, -0.05) is 5.16 Å². The Bertz CT molecular complexity index is 527. The number of fused-ring (bicyclic) bond motifs is 1. The van der Waals surface area contributed by atoms with Gasteiger partial charge in [-0.3, -0.25) is 0 Å². The van der Waals surface area contributed by atoms with E-state index < -0.39 is 6.61 Å². The molecule has 2 aliphatic rings. The zero-order valence-electron chi connectivity index (χ0n) is 10.1. The van der Waals surface area contributed by atoms with E-state index in [-0.39, 0.29) is 11.4 Å². The highest BCUT2D eigenvalue weighted by atomic mass is 19.3. The van der Waals surface area contributed by atoms with Crippen LogP contribution in [0.3, 0.4) is 0 Å². The van der Waals surface area contributed by atoms with E-state index in [0.29, 0.717) is 23.4 Å². The van der Waals surface area contributed by atoms with Crippen molar-refractivity contribution >= 4 is 5.71 Å². The molecule has 1 heterocycles. The predicted molar refractivity (Wildman–Crippen MR) is 63.2 cm³/mol. The quantitative estimate of drug-likeness (QED) is 0.662. The van der Waals surface area contributed by atoms with E-state index in [9.17, 15) is 8.78 Å². The monoisotopic (exact) mass is 269 g/mol. The van der Waals surface area contributed by atoms with Gasteiger partial charge in [0.1, 0.15) is 17.1 Å². The molecule has 1 aromatic carbocycles. The average Bonchev–Trinajstić information content (AvgIpc) is 2.34. The van der Waals surface area contributed by atoms with Crippen LogP contribution in [0.15, 0.2) is 23.4 Å². The largest absolute Gasteiger partial charge is 0.486 e. The highest BCUT2D eigenvalue weighted by Gasteiger charge is 2.44. The molecule has 0 atom stereocenters. The topological polar surface area (TPSA) is 51.1 Å². The van der Waals surface area contributed by atoms with Crippen LogP contribution in [-0.2, 0) is 0 Å². The van der Waals surface area contributed by atoms with Crippen LogP contribution in [-0.4, -0.2) is 23.1 Å². The van der Waals surface area contributed by atoms with Gasteiger partial charge in [-0.05, 0) is 31.4 Å². The molecule has 0 bridgehead atoms. The minimum atomic E-state index is -2.87. The summed E-state index contributed by atoms with van der Waals surface area (Å²) in [4.78, 5) is 0. The summed E-state index contributed by atoms with van der Waals surface area (Å²) in [6.07, 6.45) is 3.36. The van der Waals surface area contributed by atoms with Gasteiger partial charge in [0, 0.05) is 18.1 Å². The van der Waals surface area contributed by atoms with Gasteiger partial charge >= 0.3 is 6.61 Å². The third kappa shape index (κ3) is 2.11. The zero-order chi connectivity index (χ0) is 13.5. The molecule has 4 nitrogen and oxygen atoms in total. The molecule has 0 aromatic heterocycles. The lowest BCUT2D eigenvalue weighted by Gasteiger charge is -2.45. The Kier molecular flexibility index (Phi) is 2.80. The lowest BCUT2D eigenvalue weighted by molar-refractivity contribution is -0.0504. The van der Waals surface area contributed by atoms with Gasteiger partial charge < -0.3 is 14.7 Å². The molecule has 102 valence electrons. The highest BCUT2D eigenvalue weighted by molar-refractivity contribution is 6.04. The van der Waals surface area contributed by atoms with Crippen molar-refractivity contribution in [2.45, 2.75) is 37.9 Å². The first-order valence-electron chi connectivity index (χ1n) is 6.11. The molecule has 0 radical (unpaired) electrons. The fourth-order valence-electron chi connectivity index (χ4n) is 2.61. The van der Waals surface area contributed by atoms with Crippen molar-refractivity contribution in [3.8, 4) is 11.5 Å². The molecular weight excluding hydrogens is 256 g/mol. The molecule has 1 aliphatic heterocycles. The Morgan fingerprint density at radius 2 is 2.16 bits per heavy atom. The summed E-state index contributed by atoms with van der Waals surface area (Å²) in [6, 6.07) is 4.41. The normalized spacial score (nSPS) is 21.9. The van der Waals surface area contributed by atoms with Crippen molar-refractivity contribution in [1.82, 2.24) is 0 Å². The third-order valence-electron chi connectivity index (χ3n) is 3.69. The smallest absolute Gasteiger partial charge is 0.387 e. The van der Waals surface area contributed by atoms with Crippen molar-refractivity contribution in [2.75, 3.05) is 0 Å². The summed E-state index contributed by atoms with van der Waals surface area (Å²) in [5.41, 5.74) is 0.823. The van der Waals surface area contributed by atoms with Gasteiger partial charge in [0.25, 0.3) is 0 Å². The molecule has 1 aliphatic carbocycles. The number of alkyl halides is 2. The van der Waals surface area contributed by atoms with Crippen LogP contribution in [0.4, 0.5) is 8.78 Å². The molecule has 1 aromatic rings. The summed E-state index contributed by atoms with van der Waals surface area (Å²) in [5.74, 6) is 0.485. The molecule has 0 saturated heterocycles. The zero-order valence-corrected chi connectivity index (χ0v) is 10.1. The van der Waals surface area contributed by atoms with Gasteiger partial charge in [0.05, 0.1) is 5.71 Å². The fourth-order valence-corrected chi connectivity index (χ4v) is 2.61. The minimum Gasteiger partial charge on any atom is -0.486 e. The first kappa shape index (κ1) is 12.2. The van der Waals surface area contributed by atoms with E-state index in [1.807, 2.05) is 0 Å². The maximum absolute atomic E-state index is 12.2. The Balaban J connectivity index is 1.96. The van der Waals surface area contributed by atoms with Crippen molar-refractivity contribution in [3.05, 3.63) is 23.8 Å². The van der Waals surface area contributed by atoms with Crippen molar-refractivity contribution < 1.29 is 23.5 Å². The average molecular weight is 269 g/mol. The Labute approximate surface area is 108 Å². The molecule has 1 fully saturated rings. The summed E-state index contributed by atoms with van der Waals surface area (Å²) in [5, 5.41) is 12.4. The van der Waals surface area contributed by atoms with Crippen LogP contribution in [0, 0.1) is 0 Å². The number of oxime groups is 1. The summed E-state index contributed by atoms with van der Waals surface area (Å²) in [6.45, 7) is -2.87. The molecule has 19 heavy (non-hydrogen) atoms. The second-order valence-corrected chi connectivity index (χ2v) is 4.90. The van der Waals surface area contributed by atoms with Crippen LogP contribution in [0.1, 0.15) is 31.2 Å². The van der Waals surface area contributed by atoms with Crippen LogP contribution in [0.2, 0.25) is 0 Å². The fraction of sp³-hybridized carbons (Fsp3) is 0.462. The molecule has 1 saturated carbocycles. The number of nitrogens with zero attached hydrogens (tertiary/aromatic N) is 1. The molecule has 1 N–H and O–H groups in total. The van der Waals surface area contributed by atoms with E-state index in [1.54, 1.807) is 6.07 Å². The highest BCUT2D eigenvalue weighted by Crippen LogP contribution is 2.45. The minimum absolute atomic E-state index is 0.0439. The Hall–Kier alpha value is -1.85. The number of rotatable bonds is 2. The van der Waals surface area contributed by atoms with Crippen LogP contribution < -0.4 is 9.47 Å². The number of hydrogen-bond donors (Lipinski definition) is 1. The van der Waals surface area contributed by atoms with E-state index in [1.165, 1.54) is 12.1 Å². The maximum atomic E-state index is 12.2. The van der Waals surface area contributed by atoms with Crippen molar-refractivity contribution in [2.24, 2.45) is 5.16 Å². The van der Waals surface area contributed by atoms with E-state index in [0.717, 1.165) is 19.3 Å². The number of halogens is 2. The molecule has 1 spiro atoms. The predicted octanol–water partition coefficient (Wildman–Crippen LogP) is 3.17. The van der Waals surface area contributed by atoms with Gasteiger partial charge in [0.2, 0.25) is 0 Å². The standard InChI is InChI=1S/C13H13F2NO3/c14-12(15)18-8-2-3-9-10(16-17)7-13(4-1-5-13)19-11(9)6-8/h2-3,6,12,17H,1,4-5,7H2/b16-10-. The SMILES string of the molecule is O/N=C1/CC2(CCC2)Oc2cc(OC(F)F)ccc21. The number of benzene rings is 1. The van der Waals surface area contributed by atoms with Gasteiger partial charge in [-0.25, -0.2) is 0 Å².